The Morgan fingerprint density at radius 2 is 1.11 bits per heavy atom. The van der Waals surface area contributed by atoms with E-state index in [0.29, 0.717) is 77.9 Å². The van der Waals surface area contributed by atoms with Gasteiger partial charge in [0.15, 0.2) is 10.3 Å². The number of benzene rings is 4. The van der Waals surface area contributed by atoms with Crippen LogP contribution in [0.1, 0.15) is 26.9 Å². The molecule has 4 aliphatic heterocycles. The van der Waals surface area contributed by atoms with Gasteiger partial charge in [0, 0.05) is 128 Å². The third-order valence-electron chi connectivity index (χ3n) is 12.9. The summed E-state index contributed by atoms with van der Waals surface area (Å²) in [6, 6.07) is 21.4. The molecule has 0 bridgehead atoms. The third kappa shape index (κ3) is 11.4. The molecule has 0 saturated carbocycles. The van der Waals surface area contributed by atoms with Crippen LogP contribution in [0.4, 0.5) is 41.8 Å². The van der Waals surface area contributed by atoms with Crippen LogP contribution in [0.2, 0.25) is 10.0 Å². The maximum absolute atomic E-state index is 14.1. The quantitative estimate of drug-likeness (QED) is 0.119. The first kappa shape index (κ1) is 50.5. The molecule has 0 spiro atoms. The van der Waals surface area contributed by atoms with Crippen molar-refractivity contribution in [3.05, 3.63) is 130 Å². The van der Waals surface area contributed by atoms with Crippen LogP contribution in [0.25, 0.3) is 0 Å². The van der Waals surface area contributed by atoms with Crippen molar-refractivity contribution in [3.8, 4) is 0 Å². The van der Waals surface area contributed by atoms with Gasteiger partial charge in [-0.15, -0.1) is 22.7 Å². The molecule has 2 aromatic heterocycles. The lowest BCUT2D eigenvalue weighted by Crippen LogP contribution is -2.56. The SMILES string of the molecule is C[C@H]1CN([C@@H]2CCN(c3ccc(S(=O)(=O)Nc4nccs4)cc3)C2=O)CCN1c1cc(Cl)cc(Cl)c1.O=C1[C@@H](N2CCN(c3ccc(F)cc3F)CC2)CCN1c1ccc(S(=O)(=O)Nc2nccs2)cc1.[HH].[HH].[HH].[HH].[HH]. The zero-order valence-corrected chi connectivity index (χ0v) is 42.9. The van der Waals surface area contributed by atoms with E-state index in [1.165, 1.54) is 71.5 Å². The lowest BCUT2D eigenvalue weighted by Gasteiger charge is -2.43. The summed E-state index contributed by atoms with van der Waals surface area (Å²) in [7, 11) is -7.50. The lowest BCUT2D eigenvalue weighted by atomic mass is 10.1. The van der Waals surface area contributed by atoms with Crippen LogP contribution >= 0.6 is 45.9 Å². The molecular weight excluding hydrogens is 1040 g/mol. The molecule has 384 valence electrons. The first-order valence-corrected chi connectivity index (χ1v) is 28.1. The number of nitrogens with zero attached hydrogens (tertiary/aromatic N) is 8. The number of carbonyl (C=O) groups excluding carboxylic acids is 2. The zero-order valence-electron chi connectivity index (χ0n) is 38.1. The Bertz CT molecular complexity index is 3090. The minimum Gasteiger partial charge on any atom is -0.367 e. The smallest absolute Gasteiger partial charge is 0.263 e. The fourth-order valence-corrected chi connectivity index (χ4v) is 13.5. The molecule has 24 heteroatoms. The maximum Gasteiger partial charge on any atom is 0.263 e. The van der Waals surface area contributed by atoms with E-state index in [-0.39, 0.29) is 52.0 Å². The van der Waals surface area contributed by atoms with E-state index in [1.54, 1.807) is 50.9 Å². The van der Waals surface area contributed by atoms with Crippen molar-refractivity contribution in [2.24, 2.45) is 0 Å². The number of sulfonamides is 2. The monoisotopic (exact) mass is 1090 g/mol. The topological polar surface area (TPSA) is 172 Å². The molecule has 16 nitrogen and oxygen atoms in total. The van der Waals surface area contributed by atoms with Gasteiger partial charge in [0.05, 0.1) is 27.6 Å². The number of thiazole rings is 2. The molecule has 71 heavy (non-hydrogen) atoms. The summed E-state index contributed by atoms with van der Waals surface area (Å²) >= 11 is 14.8. The van der Waals surface area contributed by atoms with Crippen LogP contribution < -0.4 is 29.0 Å². The summed E-state index contributed by atoms with van der Waals surface area (Å²) in [6.07, 6.45) is 4.42. The number of nitrogens with one attached hydrogen (secondary N) is 2. The fraction of sp³-hybridized carbons (Fsp3) is 0.319. The first-order valence-electron chi connectivity index (χ1n) is 22.6. The fourth-order valence-electron chi connectivity index (χ4n) is 9.40. The highest BCUT2D eigenvalue weighted by atomic mass is 35.5. The van der Waals surface area contributed by atoms with Gasteiger partial charge >= 0.3 is 0 Å². The van der Waals surface area contributed by atoms with E-state index in [9.17, 15) is 35.2 Å². The van der Waals surface area contributed by atoms with Gasteiger partial charge in [0.2, 0.25) is 11.8 Å². The minimum absolute atomic E-state index is 0. The summed E-state index contributed by atoms with van der Waals surface area (Å²) in [5.74, 6) is -1.20. The molecule has 4 saturated heterocycles. The molecule has 6 heterocycles. The summed E-state index contributed by atoms with van der Waals surface area (Å²) < 4.78 is 82.5. The van der Waals surface area contributed by atoms with Gasteiger partial charge in [-0.2, -0.15) is 0 Å². The van der Waals surface area contributed by atoms with Gasteiger partial charge in [-0.1, -0.05) is 23.2 Å². The summed E-state index contributed by atoms with van der Waals surface area (Å²) in [6.45, 7) is 7.74. The minimum atomic E-state index is -3.76. The average molecular weight is 1100 g/mol. The number of halogens is 4. The molecule has 4 fully saturated rings. The van der Waals surface area contributed by atoms with Crippen molar-refractivity contribution in [1.82, 2.24) is 19.8 Å². The first-order chi connectivity index (χ1) is 34.0. The van der Waals surface area contributed by atoms with Gasteiger partial charge in [-0.05, 0) is 98.6 Å². The molecule has 0 aliphatic carbocycles. The number of rotatable bonds is 12. The van der Waals surface area contributed by atoms with E-state index in [0.717, 1.165) is 37.8 Å². The predicted octanol–water partition coefficient (Wildman–Crippen LogP) is 8.95. The largest absolute Gasteiger partial charge is 0.367 e. The highest BCUT2D eigenvalue weighted by molar-refractivity contribution is 7.93. The zero-order chi connectivity index (χ0) is 50.0. The van der Waals surface area contributed by atoms with Crippen molar-refractivity contribution in [3.63, 3.8) is 0 Å². The Morgan fingerprint density at radius 3 is 1.58 bits per heavy atom. The van der Waals surface area contributed by atoms with Crippen LogP contribution in [0, 0.1) is 11.6 Å². The highest BCUT2D eigenvalue weighted by Gasteiger charge is 2.40. The standard InChI is InChI=1S/C24H25Cl2N5O3S2.C23H23F2N5O3S2.5H2/c1-16-15-29(9-10-30(16)20-13-17(25)12-18(26)14-20)22-6-8-31(23(22)32)19-2-4-21(5-3-19)36(33,34)28-24-27-7-11-35-24;24-16-1-6-20(19(25)15-16)28-10-12-29(13-11-28)21-7-9-30(22(21)31)17-2-4-18(5-3-17)35(32,33)27-23-26-8-14-34-23;;;;;/h2-5,7,11-14,16,22H,6,8-10,15H2,1H3,(H,27,28);1-6,8,14-15,21H,7,9-13H2,(H,26,27);5*1H/t16-,22+;21-;;;;;/m00...../s1. The molecule has 4 aliphatic rings. The third-order valence-corrected chi connectivity index (χ3v) is 17.6. The highest BCUT2D eigenvalue weighted by Crippen LogP contribution is 2.33. The van der Waals surface area contributed by atoms with Crippen LogP contribution in [0.5, 0.6) is 0 Å². The van der Waals surface area contributed by atoms with Crippen LogP contribution in [0.3, 0.4) is 0 Å². The van der Waals surface area contributed by atoms with Crippen molar-refractivity contribution in [2.75, 3.05) is 87.9 Å². The van der Waals surface area contributed by atoms with Crippen molar-refractivity contribution < 1.29 is 42.3 Å². The van der Waals surface area contributed by atoms with Crippen molar-refractivity contribution in [1.29, 1.82) is 0 Å². The molecule has 0 radical (unpaired) electrons. The normalized spacial score (nSPS) is 20.3. The van der Waals surface area contributed by atoms with Crippen LogP contribution in [0.15, 0.2) is 118 Å². The van der Waals surface area contributed by atoms with Gasteiger partial charge in [0.25, 0.3) is 20.0 Å². The van der Waals surface area contributed by atoms with E-state index in [1.807, 2.05) is 17.0 Å². The van der Waals surface area contributed by atoms with E-state index < -0.39 is 31.7 Å². The summed E-state index contributed by atoms with van der Waals surface area (Å²) in [5.41, 5.74) is 2.68. The second-order valence-corrected chi connectivity index (χ2v) is 23.3. The number of carbonyl (C=O) groups is 2. The number of aromatic nitrogens is 2. The van der Waals surface area contributed by atoms with Crippen LogP contribution in [-0.2, 0) is 29.6 Å². The molecule has 0 unspecified atom stereocenters. The molecule has 6 aromatic rings. The number of anilines is 6. The Labute approximate surface area is 435 Å². The molecular formula is C47H58Cl2F2N10O6S4. The lowest BCUT2D eigenvalue weighted by molar-refractivity contribution is -0.122. The van der Waals surface area contributed by atoms with Gasteiger partial charge in [-0.25, -0.2) is 35.6 Å². The van der Waals surface area contributed by atoms with Crippen LogP contribution in [-0.4, -0.2) is 125 Å². The molecule has 2 amide bonds. The average Bonchev–Trinajstić information content (AvgIpc) is 4.19. The number of hydrogen-bond acceptors (Lipinski definition) is 14. The van der Waals surface area contributed by atoms with Crippen molar-refractivity contribution in [2.45, 2.75) is 47.7 Å². The molecule has 2 N–H and O–H groups in total. The van der Waals surface area contributed by atoms with E-state index >= 15 is 0 Å². The van der Waals surface area contributed by atoms with Gasteiger partial charge in [-0.3, -0.25) is 28.8 Å². The number of piperazine rings is 2. The number of hydrogen-bond donors (Lipinski definition) is 2. The molecule has 3 atom stereocenters. The summed E-state index contributed by atoms with van der Waals surface area (Å²) in [4.78, 5) is 46.5. The summed E-state index contributed by atoms with van der Waals surface area (Å²) in [5, 5.41) is 5.18. The van der Waals surface area contributed by atoms with E-state index in [2.05, 4.69) is 41.0 Å². The Hall–Kier alpha value is -5.46. The Morgan fingerprint density at radius 1 is 0.620 bits per heavy atom. The Kier molecular flexibility index (Phi) is 15.2. The second-order valence-electron chi connectivity index (χ2n) is 17.2. The number of amides is 2. The maximum atomic E-state index is 14.1. The molecule has 4 aromatic carbocycles. The van der Waals surface area contributed by atoms with Gasteiger partial charge in [0.1, 0.15) is 11.6 Å². The second kappa shape index (κ2) is 21.3. The van der Waals surface area contributed by atoms with Gasteiger partial charge < -0.3 is 19.6 Å². The Balaban J connectivity index is 0.000000308. The van der Waals surface area contributed by atoms with Crippen molar-refractivity contribution >= 4 is 111 Å². The van der Waals surface area contributed by atoms with E-state index in [4.69, 9.17) is 23.2 Å². The predicted molar refractivity (Wildman–Crippen MR) is 286 cm³/mol. The molecule has 10 rings (SSSR count).